The quantitative estimate of drug-likeness (QED) is 0.628. The highest BCUT2D eigenvalue weighted by Gasteiger charge is 2.10. The molecule has 18 heavy (non-hydrogen) atoms. The Morgan fingerprint density at radius 1 is 1.22 bits per heavy atom. The average molecular weight is 245 g/mol. The molecule has 0 bridgehead atoms. The van der Waals surface area contributed by atoms with Gasteiger partial charge in [-0.1, -0.05) is 12.1 Å². The molecule has 2 aromatic rings. The number of hydrazine groups is 1. The van der Waals surface area contributed by atoms with Crippen LogP contribution in [0, 0.1) is 5.82 Å². The summed E-state index contributed by atoms with van der Waals surface area (Å²) in [6, 6.07) is 10.4. The predicted molar refractivity (Wildman–Crippen MR) is 69.0 cm³/mol. The Morgan fingerprint density at radius 2 is 2.00 bits per heavy atom. The van der Waals surface area contributed by atoms with Gasteiger partial charge in [-0.3, -0.25) is 16.3 Å². The molecule has 0 aliphatic rings. The van der Waals surface area contributed by atoms with Gasteiger partial charge in [0.15, 0.2) is 0 Å². The molecule has 4 heteroatoms. The van der Waals surface area contributed by atoms with Crippen molar-refractivity contribution in [2.45, 2.75) is 18.9 Å². The minimum Gasteiger partial charge on any atom is -0.271 e. The predicted octanol–water partition coefficient (Wildman–Crippen LogP) is 2.36. The van der Waals surface area contributed by atoms with Crippen molar-refractivity contribution in [2.24, 2.45) is 5.84 Å². The first-order valence-corrected chi connectivity index (χ1v) is 5.90. The minimum absolute atomic E-state index is 0.0473. The second-order valence-corrected chi connectivity index (χ2v) is 4.17. The van der Waals surface area contributed by atoms with Gasteiger partial charge in [0.25, 0.3) is 0 Å². The van der Waals surface area contributed by atoms with Crippen molar-refractivity contribution in [2.75, 3.05) is 0 Å². The fourth-order valence-corrected chi connectivity index (χ4v) is 1.93. The molecule has 94 valence electrons. The van der Waals surface area contributed by atoms with Crippen LogP contribution in [0.2, 0.25) is 0 Å². The largest absolute Gasteiger partial charge is 0.271 e. The van der Waals surface area contributed by atoms with Crippen LogP contribution in [0.1, 0.15) is 23.6 Å². The lowest BCUT2D eigenvalue weighted by molar-refractivity contribution is 0.511. The third-order valence-electron chi connectivity index (χ3n) is 2.92. The summed E-state index contributed by atoms with van der Waals surface area (Å²) in [7, 11) is 0. The number of hydrogen-bond acceptors (Lipinski definition) is 3. The monoisotopic (exact) mass is 245 g/mol. The van der Waals surface area contributed by atoms with E-state index in [1.807, 2.05) is 18.2 Å². The average Bonchev–Trinajstić information content (AvgIpc) is 2.41. The van der Waals surface area contributed by atoms with Gasteiger partial charge < -0.3 is 0 Å². The second-order valence-electron chi connectivity index (χ2n) is 4.17. The molecule has 1 aromatic carbocycles. The summed E-state index contributed by atoms with van der Waals surface area (Å²) in [6.07, 6.45) is 5.21. The van der Waals surface area contributed by atoms with E-state index < -0.39 is 0 Å². The molecule has 3 nitrogen and oxygen atoms in total. The topological polar surface area (TPSA) is 50.9 Å². The van der Waals surface area contributed by atoms with E-state index in [0.717, 1.165) is 18.4 Å². The van der Waals surface area contributed by atoms with Crippen LogP contribution >= 0.6 is 0 Å². The molecule has 0 saturated carbocycles. The summed E-state index contributed by atoms with van der Waals surface area (Å²) in [4.78, 5) is 3.97. The number of aromatic nitrogens is 1. The zero-order valence-corrected chi connectivity index (χ0v) is 10.0. The van der Waals surface area contributed by atoms with E-state index in [-0.39, 0.29) is 11.9 Å². The van der Waals surface area contributed by atoms with Gasteiger partial charge in [0.1, 0.15) is 5.82 Å². The molecule has 1 aromatic heterocycles. The maximum atomic E-state index is 13.2. The van der Waals surface area contributed by atoms with Crippen LogP contribution in [0.15, 0.2) is 48.8 Å². The van der Waals surface area contributed by atoms with Crippen LogP contribution in [0.3, 0.4) is 0 Å². The normalized spacial score (nSPS) is 12.3. The Labute approximate surface area is 106 Å². The van der Waals surface area contributed by atoms with Gasteiger partial charge in [-0.2, -0.15) is 0 Å². The molecule has 3 N–H and O–H groups in total. The molecule has 0 aliphatic heterocycles. The number of rotatable bonds is 5. The molecule has 0 aliphatic carbocycles. The van der Waals surface area contributed by atoms with E-state index in [1.165, 1.54) is 17.7 Å². The fraction of sp³-hybridized carbons (Fsp3) is 0.214. The smallest absolute Gasteiger partial charge is 0.123 e. The highest BCUT2D eigenvalue weighted by atomic mass is 19.1. The highest BCUT2D eigenvalue weighted by Crippen LogP contribution is 2.19. The standard InChI is InChI=1S/C14H16FN3/c15-13-3-1-2-12(10-13)14(18-16)5-4-11-6-8-17-9-7-11/h1-3,6-10,14,18H,4-5,16H2. The number of halogens is 1. The van der Waals surface area contributed by atoms with Gasteiger partial charge >= 0.3 is 0 Å². The summed E-state index contributed by atoms with van der Waals surface area (Å²) in [5.74, 6) is 5.30. The summed E-state index contributed by atoms with van der Waals surface area (Å²) in [5.41, 5.74) is 4.80. The number of nitrogens with two attached hydrogens (primary N) is 1. The summed E-state index contributed by atoms with van der Waals surface area (Å²) in [5, 5.41) is 0. The van der Waals surface area contributed by atoms with E-state index in [2.05, 4.69) is 10.4 Å². The molecule has 0 spiro atoms. The van der Waals surface area contributed by atoms with Crippen molar-refractivity contribution in [3.8, 4) is 0 Å². The second kappa shape index (κ2) is 6.23. The molecule has 1 unspecified atom stereocenters. The number of benzene rings is 1. The molecule has 0 fully saturated rings. The van der Waals surface area contributed by atoms with E-state index in [0.29, 0.717) is 0 Å². The molecule has 1 heterocycles. The first-order valence-electron chi connectivity index (χ1n) is 5.90. The summed E-state index contributed by atoms with van der Waals surface area (Å²) in [6.45, 7) is 0. The summed E-state index contributed by atoms with van der Waals surface area (Å²) < 4.78 is 13.2. The Kier molecular flexibility index (Phi) is 4.39. The van der Waals surface area contributed by atoms with Crippen molar-refractivity contribution < 1.29 is 4.39 Å². The third-order valence-corrected chi connectivity index (χ3v) is 2.92. The Morgan fingerprint density at radius 3 is 2.67 bits per heavy atom. The van der Waals surface area contributed by atoms with Gasteiger partial charge in [-0.25, -0.2) is 4.39 Å². The molecular formula is C14H16FN3. The lowest BCUT2D eigenvalue weighted by Gasteiger charge is -2.16. The maximum absolute atomic E-state index is 13.2. The first kappa shape index (κ1) is 12.7. The van der Waals surface area contributed by atoms with Crippen LogP contribution in [-0.2, 0) is 6.42 Å². The highest BCUT2D eigenvalue weighted by molar-refractivity contribution is 5.20. The van der Waals surface area contributed by atoms with Crippen molar-refractivity contribution >= 4 is 0 Å². The van der Waals surface area contributed by atoms with Gasteiger partial charge in [-0.05, 0) is 48.2 Å². The van der Waals surface area contributed by atoms with Crippen LogP contribution < -0.4 is 11.3 Å². The van der Waals surface area contributed by atoms with Crippen LogP contribution in [0.5, 0.6) is 0 Å². The van der Waals surface area contributed by atoms with E-state index in [4.69, 9.17) is 5.84 Å². The van der Waals surface area contributed by atoms with Crippen molar-refractivity contribution in [3.05, 3.63) is 65.7 Å². The van der Waals surface area contributed by atoms with Gasteiger partial charge in [0, 0.05) is 18.4 Å². The van der Waals surface area contributed by atoms with Crippen molar-refractivity contribution in [1.82, 2.24) is 10.4 Å². The molecule has 0 radical (unpaired) electrons. The number of aryl methyl sites for hydroxylation is 1. The van der Waals surface area contributed by atoms with Crippen LogP contribution in [0.25, 0.3) is 0 Å². The van der Waals surface area contributed by atoms with Gasteiger partial charge in [-0.15, -0.1) is 0 Å². The van der Waals surface area contributed by atoms with Gasteiger partial charge in [0.05, 0.1) is 0 Å². The molecular weight excluding hydrogens is 229 g/mol. The van der Waals surface area contributed by atoms with Crippen LogP contribution in [-0.4, -0.2) is 4.98 Å². The Bertz CT molecular complexity index is 487. The molecule has 1 atom stereocenters. The lowest BCUT2D eigenvalue weighted by atomic mass is 10.00. The van der Waals surface area contributed by atoms with Crippen LogP contribution in [0.4, 0.5) is 4.39 Å². The summed E-state index contributed by atoms with van der Waals surface area (Å²) >= 11 is 0. The SMILES string of the molecule is NNC(CCc1ccncc1)c1cccc(F)c1. The zero-order chi connectivity index (χ0) is 12.8. The van der Waals surface area contributed by atoms with E-state index in [9.17, 15) is 4.39 Å². The minimum atomic E-state index is -0.239. The number of pyridine rings is 1. The maximum Gasteiger partial charge on any atom is 0.123 e. The number of nitrogens with zero attached hydrogens (tertiary/aromatic N) is 1. The molecule has 2 rings (SSSR count). The van der Waals surface area contributed by atoms with Gasteiger partial charge in [0.2, 0.25) is 0 Å². The Balaban J connectivity index is 2.02. The zero-order valence-electron chi connectivity index (χ0n) is 10.0. The van der Waals surface area contributed by atoms with Crippen molar-refractivity contribution in [3.63, 3.8) is 0 Å². The fourth-order valence-electron chi connectivity index (χ4n) is 1.93. The van der Waals surface area contributed by atoms with Crippen molar-refractivity contribution in [1.29, 1.82) is 0 Å². The van der Waals surface area contributed by atoms with E-state index in [1.54, 1.807) is 18.5 Å². The molecule has 0 saturated heterocycles. The number of hydrogen-bond donors (Lipinski definition) is 2. The third kappa shape index (κ3) is 3.35. The lowest BCUT2D eigenvalue weighted by Crippen LogP contribution is -2.28. The van der Waals surface area contributed by atoms with E-state index >= 15 is 0 Å². The Hall–Kier alpha value is -1.78. The number of nitrogens with one attached hydrogen (secondary N) is 1. The first-order chi connectivity index (χ1) is 8.79. The molecule has 0 amide bonds.